The lowest BCUT2D eigenvalue weighted by atomic mass is 9.48. The number of ether oxygens (including phenoxy) is 1. The number of hydrogen-bond donors (Lipinski definition) is 2. The van der Waals surface area contributed by atoms with Crippen LogP contribution >= 0.6 is 15.9 Å². The summed E-state index contributed by atoms with van der Waals surface area (Å²) < 4.78 is 5.31. The molecule has 4 heteroatoms. The second-order valence-electron chi connectivity index (χ2n) is 10.8. The number of hydrogen-bond acceptors (Lipinski definition) is 3. The van der Waals surface area contributed by atoms with E-state index in [-0.39, 0.29) is 5.41 Å². The molecule has 9 atom stereocenters. The highest BCUT2D eigenvalue weighted by Crippen LogP contribution is 2.67. The monoisotopic (exact) mass is 442 g/mol. The van der Waals surface area contributed by atoms with E-state index >= 15 is 0 Å². The first-order chi connectivity index (χ1) is 12.8. The molecule has 0 saturated heterocycles. The zero-order chi connectivity index (χ0) is 19.4. The smallest absolute Gasteiger partial charge is 0.0882 e. The Kier molecular flexibility index (Phi) is 5.54. The second-order valence-corrected chi connectivity index (χ2v) is 11.5. The molecule has 0 aromatic rings. The summed E-state index contributed by atoms with van der Waals surface area (Å²) in [5.74, 6) is 4.06. The van der Waals surface area contributed by atoms with E-state index in [1.807, 2.05) is 0 Å². The molecule has 2 N–H and O–H groups in total. The average molecular weight is 443 g/mol. The summed E-state index contributed by atoms with van der Waals surface area (Å²) >= 11 is 3.64. The van der Waals surface area contributed by atoms with E-state index in [0.29, 0.717) is 24.4 Å². The van der Waals surface area contributed by atoms with Crippen LogP contribution in [0.3, 0.4) is 0 Å². The van der Waals surface area contributed by atoms with Crippen LogP contribution in [0.25, 0.3) is 0 Å². The molecule has 4 aliphatic rings. The molecule has 0 amide bonds. The van der Waals surface area contributed by atoms with Crippen molar-refractivity contribution >= 4 is 15.9 Å². The lowest BCUT2D eigenvalue weighted by molar-refractivity contribution is -0.160. The topological polar surface area (TPSA) is 49.7 Å². The zero-order valence-corrected chi connectivity index (χ0v) is 19.0. The molecular formula is C23H39BrO3. The van der Waals surface area contributed by atoms with E-state index in [1.54, 1.807) is 7.11 Å². The summed E-state index contributed by atoms with van der Waals surface area (Å²) in [7, 11) is 1.71. The minimum Gasteiger partial charge on any atom is -0.389 e. The number of aliphatic hydroxyl groups is 2. The molecule has 3 nitrogen and oxygen atoms in total. The van der Waals surface area contributed by atoms with E-state index in [9.17, 15) is 10.2 Å². The summed E-state index contributed by atoms with van der Waals surface area (Å²) in [6.45, 7) is 5.12. The third-order valence-corrected chi connectivity index (χ3v) is 10.7. The van der Waals surface area contributed by atoms with E-state index in [4.69, 9.17) is 4.74 Å². The van der Waals surface area contributed by atoms with Crippen LogP contribution in [0.4, 0.5) is 0 Å². The van der Waals surface area contributed by atoms with Crippen LogP contribution in [-0.2, 0) is 4.74 Å². The molecule has 4 aliphatic carbocycles. The van der Waals surface area contributed by atoms with Crippen LogP contribution in [0.15, 0.2) is 0 Å². The van der Waals surface area contributed by atoms with Gasteiger partial charge in [-0.2, -0.15) is 0 Å². The van der Waals surface area contributed by atoms with E-state index in [0.717, 1.165) is 48.8 Å². The molecule has 0 spiro atoms. The Morgan fingerprint density at radius 2 is 1.74 bits per heavy atom. The number of halogens is 1. The number of methoxy groups -OCH3 is 1. The van der Waals surface area contributed by atoms with E-state index in [2.05, 4.69) is 29.8 Å². The first-order valence-electron chi connectivity index (χ1n) is 11.3. The third-order valence-electron chi connectivity index (χ3n) is 9.78. The first-order valence-corrected chi connectivity index (χ1v) is 12.4. The predicted molar refractivity (Wildman–Crippen MR) is 112 cm³/mol. The Hall–Kier alpha value is 0.360. The van der Waals surface area contributed by atoms with Gasteiger partial charge in [0, 0.05) is 12.4 Å². The number of alkyl halides is 1. The van der Waals surface area contributed by atoms with Crippen molar-refractivity contribution in [2.75, 3.05) is 19.0 Å². The molecule has 0 heterocycles. The van der Waals surface area contributed by atoms with Crippen LogP contribution in [0, 0.1) is 40.9 Å². The normalized spacial score (nSPS) is 53.3. The maximum atomic E-state index is 11.7. The van der Waals surface area contributed by atoms with Gasteiger partial charge >= 0.3 is 0 Å². The second kappa shape index (κ2) is 7.25. The number of fused-ring (bicyclic) bond motifs is 5. The standard InChI is InChI=1S/C23H39BrO3/c1-15(13-24)23(26)11-8-20-19-5-4-16-12-22(25,14-27-3)10-7-17(16)18(19)6-9-21(20,23)2/h15-20,25-26H,4-14H2,1-3H3/t15?,16-,17+,18-,19-,20+,21+,22-,23+/m1/s1. The predicted octanol–water partition coefficient (Wildman–Crippen LogP) is 4.78. The van der Waals surface area contributed by atoms with Gasteiger partial charge in [0.05, 0.1) is 17.8 Å². The molecule has 0 aromatic heterocycles. The molecule has 0 aromatic carbocycles. The fourth-order valence-corrected chi connectivity index (χ4v) is 8.89. The van der Waals surface area contributed by atoms with Gasteiger partial charge in [-0.3, -0.25) is 0 Å². The minimum absolute atomic E-state index is 0.0830. The third kappa shape index (κ3) is 3.07. The fourth-order valence-electron chi connectivity index (χ4n) is 8.35. The van der Waals surface area contributed by atoms with Crippen LogP contribution in [0.2, 0.25) is 0 Å². The summed E-state index contributed by atoms with van der Waals surface area (Å²) in [6, 6.07) is 0. The molecule has 27 heavy (non-hydrogen) atoms. The zero-order valence-electron chi connectivity index (χ0n) is 17.4. The van der Waals surface area contributed by atoms with Crippen molar-refractivity contribution in [2.45, 2.75) is 82.8 Å². The summed E-state index contributed by atoms with van der Waals surface area (Å²) in [5, 5.41) is 23.5. The minimum atomic E-state index is -0.592. The Morgan fingerprint density at radius 1 is 1.00 bits per heavy atom. The summed E-state index contributed by atoms with van der Waals surface area (Å²) in [4.78, 5) is 0. The molecule has 0 bridgehead atoms. The molecular weight excluding hydrogens is 404 g/mol. The van der Waals surface area contributed by atoms with Crippen LogP contribution < -0.4 is 0 Å². The van der Waals surface area contributed by atoms with Gasteiger partial charge in [-0.15, -0.1) is 0 Å². The first kappa shape index (κ1) is 20.6. The van der Waals surface area contributed by atoms with Crippen LogP contribution in [0.5, 0.6) is 0 Å². The molecule has 1 unspecified atom stereocenters. The van der Waals surface area contributed by atoms with E-state index in [1.165, 1.54) is 32.1 Å². The van der Waals surface area contributed by atoms with Crippen LogP contribution in [-0.4, -0.2) is 40.5 Å². The Bertz CT molecular complexity index is 556. The Balaban J connectivity index is 1.52. The number of rotatable bonds is 4. The lowest BCUT2D eigenvalue weighted by Gasteiger charge is -2.59. The van der Waals surface area contributed by atoms with Crippen molar-refractivity contribution < 1.29 is 14.9 Å². The molecule has 4 rings (SSSR count). The molecule has 0 aliphatic heterocycles. The van der Waals surface area contributed by atoms with Crippen molar-refractivity contribution in [3.63, 3.8) is 0 Å². The van der Waals surface area contributed by atoms with Gasteiger partial charge in [-0.25, -0.2) is 0 Å². The highest BCUT2D eigenvalue weighted by Gasteiger charge is 2.64. The van der Waals surface area contributed by atoms with Gasteiger partial charge in [-0.1, -0.05) is 29.8 Å². The highest BCUT2D eigenvalue weighted by molar-refractivity contribution is 9.09. The lowest BCUT2D eigenvalue weighted by Crippen LogP contribution is -2.57. The van der Waals surface area contributed by atoms with Crippen molar-refractivity contribution in [3.05, 3.63) is 0 Å². The van der Waals surface area contributed by atoms with Gasteiger partial charge in [-0.05, 0) is 98.7 Å². The van der Waals surface area contributed by atoms with Crippen molar-refractivity contribution in [2.24, 2.45) is 40.9 Å². The Morgan fingerprint density at radius 3 is 2.44 bits per heavy atom. The quantitative estimate of drug-likeness (QED) is 0.615. The van der Waals surface area contributed by atoms with Gasteiger partial charge in [0.2, 0.25) is 0 Å². The molecule has 4 saturated carbocycles. The molecule has 156 valence electrons. The highest BCUT2D eigenvalue weighted by atomic mass is 79.9. The van der Waals surface area contributed by atoms with Crippen molar-refractivity contribution in [1.82, 2.24) is 0 Å². The van der Waals surface area contributed by atoms with Gasteiger partial charge in [0.25, 0.3) is 0 Å². The summed E-state index contributed by atoms with van der Waals surface area (Å²) in [6.07, 6.45) is 10.2. The van der Waals surface area contributed by atoms with Gasteiger partial charge in [0.15, 0.2) is 0 Å². The Labute approximate surface area is 173 Å². The van der Waals surface area contributed by atoms with Crippen LogP contribution in [0.1, 0.15) is 71.6 Å². The van der Waals surface area contributed by atoms with Gasteiger partial charge in [0.1, 0.15) is 0 Å². The maximum Gasteiger partial charge on any atom is 0.0882 e. The fraction of sp³-hybridized carbons (Fsp3) is 1.00. The van der Waals surface area contributed by atoms with Crippen molar-refractivity contribution in [1.29, 1.82) is 0 Å². The largest absolute Gasteiger partial charge is 0.389 e. The molecule has 4 fully saturated rings. The summed E-state index contributed by atoms with van der Waals surface area (Å²) in [5.41, 5.74) is -1.02. The maximum absolute atomic E-state index is 11.7. The molecule has 0 radical (unpaired) electrons. The van der Waals surface area contributed by atoms with Gasteiger partial charge < -0.3 is 14.9 Å². The average Bonchev–Trinajstić information content (AvgIpc) is 2.93. The van der Waals surface area contributed by atoms with E-state index < -0.39 is 11.2 Å². The SMILES string of the molecule is COC[C@@]1(O)CC[C@H]2[C@H](CC[C@@H]3[C@@H]2CC[C@@]2(C)[C@H]3CC[C@]2(O)C(C)CBr)C1. The van der Waals surface area contributed by atoms with Crippen molar-refractivity contribution in [3.8, 4) is 0 Å².